The lowest BCUT2D eigenvalue weighted by Crippen LogP contribution is -2.47. The highest BCUT2D eigenvalue weighted by Crippen LogP contribution is 2.37. The summed E-state index contributed by atoms with van der Waals surface area (Å²) in [6.45, 7) is 4.35. The lowest BCUT2D eigenvalue weighted by atomic mass is 9.83. The van der Waals surface area contributed by atoms with Crippen LogP contribution in [-0.4, -0.2) is 37.2 Å². The van der Waals surface area contributed by atoms with Crippen LogP contribution in [0.4, 0.5) is 11.8 Å². The SMILES string of the molecule is Cc1cc(N2C[C@@H]3C[C@H](C2)c2ccc(-c4nccn4C)c(=O)n2C3)nc(N)n1. The van der Waals surface area contributed by atoms with E-state index in [2.05, 4.69) is 25.9 Å². The van der Waals surface area contributed by atoms with Crippen LogP contribution in [0.1, 0.15) is 23.7 Å². The fraction of sp³-hybridized carbons (Fsp3) is 0.400. The van der Waals surface area contributed by atoms with Crippen LogP contribution in [0.15, 0.2) is 35.4 Å². The quantitative estimate of drug-likeness (QED) is 0.728. The Morgan fingerprint density at radius 2 is 2.04 bits per heavy atom. The second-order valence-electron chi connectivity index (χ2n) is 7.88. The molecule has 2 N–H and O–H groups in total. The van der Waals surface area contributed by atoms with Crippen LogP contribution in [0.3, 0.4) is 0 Å². The number of nitrogens with zero attached hydrogens (tertiary/aromatic N) is 6. The van der Waals surface area contributed by atoms with Gasteiger partial charge in [0.15, 0.2) is 0 Å². The number of aromatic nitrogens is 5. The third-order valence-electron chi connectivity index (χ3n) is 5.85. The molecular weight excluding hydrogens is 354 g/mol. The molecule has 5 rings (SSSR count). The topological polar surface area (TPSA) is 94.9 Å². The molecule has 3 aromatic heterocycles. The molecule has 8 heteroatoms. The Hall–Kier alpha value is -3.16. The Morgan fingerprint density at radius 3 is 2.79 bits per heavy atom. The predicted molar refractivity (Wildman–Crippen MR) is 107 cm³/mol. The number of nitrogens with two attached hydrogens (primary N) is 1. The molecule has 2 aliphatic heterocycles. The molecule has 28 heavy (non-hydrogen) atoms. The Labute approximate surface area is 162 Å². The molecular formula is C20H23N7O. The minimum Gasteiger partial charge on any atom is -0.368 e. The van der Waals surface area contributed by atoms with Gasteiger partial charge in [-0.05, 0) is 31.4 Å². The molecule has 144 valence electrons. The van der Waals surface area contributed by atoms with Crippen molar-refractivity contribution in [3.63, 3.8) is 0 Å². The summed E-state index contributed by atoms with van der Waals surface area (Å²) in [6, 6.07) is 5.99. The average Bonchev–Trinajstić information content (AvgIpc) is 3.07. The fourth-order valence-electron chi connectivity index (χ4n) is 4.66. The summed E-state index contributed by atoms with van der Waals surface area (Å²) in [4.78, 5) is 28.4. The number of imidazole rings is 1. The summed E-state index contributed by atoms with van der Waals surface area (Å²) in [6.07, 6.45) is 4.68. The van der Waals surface area contributed by atoms with Crippen molar-refractivity contribution in [2.24, 2.45) is 13.0 Å². The smallest absolute Gasteiger partial charge is 0.261 e. The zero-order valence-corrected chi connectivity index (χ0v) is 16.0. The van der Waals surface area contributed by atoms with Gasteiger partial charge in [0.2, 0.25) is 5.95 Å². The molecule has 0 amide bonds. The van der Waals surface area contributed by atoms with Gasteiger partial charge in [-0.15, -0.1) is 0 Å². The molecule has 2 bridgehead atoms. The predicted octanol–water partition coefficient (Wildman–Crippen LogP) is 1.55. The number of rotatable bonds is 2. The van der Waals surface area contributed by atoms with Crippen LogP contribution >= 0.6 is 0 Å². The Morgan fingerprint density at radius 1 is 1.18 bits per heavy atom. The summed E-state index contributed by atoms with van der Waals surface area (Å²) in [7, 11) is 1.91. The summed E-state index contributed by atoms with van der Waals surface area (Å²) in [5, 5.41) is 0. The van der Waals surface area contributed by atoms with Crippen LogP contribution < -0.4 is 16.2 Å². The lowest BCUT2D eigenvalue weighted by Gasteiger charge is -2.43. The number of fused-ring (bicyclic) bond motifs is 4. The van der Waals surface area contributed by atoms with Gasteiger partial charge in [0.05, 0.1) is 5.56 Å². The van der Waals surface area contributed by atoms with Gasteiger partial charge in [-0.3, -0.25) is 4.79 Å². The number of pyridine rings is 1. The van der Waals surface area contributed by atoms with Gasteiger partial charge in [-0.1, -0.05) is 0 Å². The highest BCUT2D eigenvalue weighted by molar-refractivity contribution is 5.55. The third kappa shape index (κ3) is 2.67. The lowest BCUT2D eigenvalue weighted by molar-refractivity contribution is 0.281. The first-order valence-electron chi connectivity index (χ1n) is 9.57. The van der Waals surface area contributed by atoms with E-state index < -0.39 is 0 Å². The Bertz CT molecular complexity index is 1100. The molecule has 3 aromatic rings. The van der Waals surface area contributed by atoms with Gasteiger partial charge >= 0.3 is 0 Å². The van der Waals surface area contributed by atoms with E-state index in [4.69, 9.17) is 5.73 Å². The van der Waals surface area contributed by atoms with Crippen LogP contribution in [0.2, 0.25) is 0 Å². The van der Waals surface area contributed by atoms with Gasteiger partial charge < -0.3 is 19.8 Å². The zero-order valence-electron chi connectivity index (χ0n) is 16.0. The van der Waals surface area contributed by atoms with Crippen LogP contribution in [0.5, 0.6) is 0 Å². The van der Waals surface area contributed by atoms with Crippen LogP contribution in [-0.2, 0) is 13.6 Å². The van der Waals surface area contributed by atoms with Gasteiger partial charge in [0.25, 0.3) is 5.56 Å². The first kappa shape index (κ1) is 17.0. The van der Waals surface area contributed by atoms with E-state index in [1.54, 1.807) is 6.20 Å². The summed E-state index contributed by atoms with van der Waals surface area (Å²) in [5.41, 5.74) is 8.53. The van der Waals surface area contributed by atoms with Crippen molar-refractivity contribution in [1.29, 1.82) is 0 Å². The largest absolute Gasteiger partial charge is 0.368 e. The van der Waals surface area contributed by atoms with Crippen molar-refractivity contribution in [2.45, 2.75) is 25.8 Å². The van der Waals surface area contributed by atoms with Crippen LogP contribution in [0.25, 0.3) is 11.4 Å². The number of aryl methyl sites for hydroxylation is 2. The van der Waals surface area contributed by atoms with Crippen molar-refractivity contribution in [3.8, 4) is 11.4 Å². The maximum atomic E-state index is 13.2. The highest BCUT2D eigenvalue weighted by atomic mass is 16.1. The fourth-order valence-corrected chi connectivity index (χ4v) is 4.66. The van der Waals surface area contributed by atoms with E-state index in [1.165, 1.54) is 0 Å². The van der Waals surface area contributed by atoms with Crippen molar-refractivity contribution < 1.29 is 0 Å². The number of hydrogen-bond acceptors (Lipinski definition) is 6. The molecule has 8 nitrogen and oxygen atoms in total. The maximum absolute atomic E-state index is 13.2. The number of anilines is 2. The highest BCUT2D eigenvalue weighted by Gasteiger charge is 2.35. The Balaban J connectivity index is 1.52. The molecule has 1 fully saturated rings. The third-order valence-corrected chi connectivity index (χ3v) is 5.85. The monoisotopic (exact) mass is 377 g/mol. The van der Waals surface area contributed by atoms with Crippen molar-refractivity contribution in [3.05, 3.63) is 52.3 Å². The van der Waals surface area contributed by atoms with Gasteiger partial charge in [0, 0.05) is 62.4 Å². The second kappa shape index (κ2) is 6.19. The average molecular weight is 377 g/mol. The van der Waals surface area contributed by atoms with Gasteiger partial charge in [-0.2, -0.15) is 4.98 Å². The molecule has 0 aromatic carbocycles. The zero-order chi connectivity index (χ0) is 19.4. The number of nitrogen functional groups attached to an aromatic ring is 1. The number of piperidine rings is 1. The summed E-state index contributed by atoms with van der Waals surface area (Å²) >= 11 is 0. The van der Waals surface area contributed by atoms with E-state index in [-0.39, 0.29) is 5.56 Å². The molecule has 0 unspecified atom stereocenters. The molecule has 2 aliphatic rings. The first-order chi connectivity index (χ1) is 13.5. The van der Waals surface area contributed by atoms with E-state index in [0.29, 0.717) is 29.2 Å². The summed E-state index contributed by atoms with van der Waals surface area (Å²) < 4.78 is 3.84. The van der Waals surface area contributed by atoms with E-state index >= 15 is 0 Å². The summed E-state index contributed by atoms with van der Waals surface area (Å²) in [5.74, 6) is 2.59. The van der Waals surface area contributed by atoms with Crippen molar-refractivity contribution in [2.75, 3.05) is 23.7 Å². The minimum atomic E-state index is 0.0528. The van der Waals surface area contributed by atoms with E-state index in [9.17, 15) is 4.79 Å². The van der Waals surface area contributed by atoms with Crippen molar-refractivity contribution >= 4 is 11.8 Å². The van der Waals surface area contributed by atoms with E-state index in [1.807, 2.05) is 41.4 Å². The van der Waals surface area contributed by atoms with Gasteiger partial charge in [-0.25, -0.2) is 9.97 Å². The van der Waals surface area contributed by atoms with E-state index in [0.717, 1.165) is 43.3 Å². The number of hydrogen-bond donors (Lipinski definition) is 1. The Kier molecular flexibility index (Phi) is 3.75. The molecule has 0 spiro atoms. The molecule has 2 atom stereocenters. The normalized spacial score (nSPS) is 20.9. The van der Waals surface area contributed by atoms with Gasteiger partial charge in [0.1, 0.15) is 11.6 Å². The second-order valence-corrected chi connectivity index (χ2v) is 7.88. The first-order valence-corrected chi connectivity index (χ1v) is 9.57. The minimum absolute atomic E-state index is 0.0528. The van der Waals surface area contributed by atoms with Crippen LogP contribution in [0, 0.1) is 12.8 Å². The molecule has 0 aliphatic carbocycles. The molecule has 0 radical (unpaired) electrons. The molecule has 1 saturated heterocycles. The standard InChI is InChI=1S/C20H23N7O/c1-12-7-17(24-20(21)23-12)26-9-13-8-14(11-26)16-4-3-15(19(28)27(16)10-13)18-22-5-6-25(18)2/h3-7,13-14H,8-11H2,1-2H3,(H2,21,23,24)/t13-,14+/m0/s1. The molecule has 0 saturated carbocycles. The maximum Gasteiger partial charge on any atom is 0.261 e. The molecule has 5 heterocycles. The van der Waals surface area contributed by atoms with Crippen molar-refractivity contribution in [1.82, 2.24) is 24.1 Å².